The number of carbonyl (C=O) groups is 1. The normalized spacial score (nSPS) is 16.7. The third kappa shape index (κ3) is 8.57. The molecule has 0 saturated carbocycles. The first-order chi connectivity index (χ1) is 19.2. The van der Waals surface area contributed by atoms with Crippen LogP contribution in [0.2, 0.25) is 0 Å². The molecule has 1 amide bonds. The molecule has 1 saturated heterocycles. The highest BCUT2D eigenvalue weighted by molar-refractivity contribution is 5.95. The van der Waals surface area contributed by atoms with Gasteiger partial charge in [0.15, 0.2) is 11.5 Å². The number of hydrogen-bond donors (Lipinski definition) is 1. The lowest BCUT2D eigenvalue weighted by molar-refractivity contribution is 0.0717. The lowest BCUT2D eigenvalue weighted by atomic mass is 9.89. The molecule has 4 rings (SSSR count). The van der Waals surface area contributed by atoms with Crippen LogP contribution < -0.4 is 14.8 Å². The van der Waals surface area contributed by atoms with Crippen molar-refractivity contribution in [2.75, 3.05) is 53.6 Å². The van der Waals surface area contributed by atoms with Gasteiger partial charge in [-0.15, -0.1) is 0 Å². The van der Waals surface area contributed by atoms with Gasteiger partial charge in [0, 0.05) is 38.8 Å². The summed E-state index contributed by atoms with van der Waals surface area (Å²) < 4.78 is 16.6. The molecule has 0 aliphatic carbocycles. The van der Waals surface area contributed by atoms with E-state index in [4.69, 9.17) is 14.2 Å². The van der Waals surface area contributed by atoms with Crippen LogP contribution in [0.5, 0.6) is 11.5 Å². The molecule has 0 aromatic heterocycles. The van der Waals surface area contributed by atoms with Crippen molar-refractivity contribution in [1.82, 2.24) is 10.2 Å². The Morgan fingerprint density at radius 3 is 2.28 bits per heavy atom. The molecule has 1 aliphatic heterocycles. The molecule has 1 aliphatic rings. The Morgan fingerprint density at radius 2 is 1.56 bits per heavy atom. The highest BCUT2D eigenvalue weighted by Gasteiger charge is 2.30. The summed E-state index contributed by atoms with van der Waals surface area (Å²) >= 11 is 0. The Morgan fingerprint density at radius 1 is 0.846 bits per heavy atom. The van der Waals surface area contributed by atoms with E-state index in [0.717, 1.165) is 45.3 Å². The summed E-state index contributed by atoms with van der Waals surface area (Å²) in [6.45, 7) is 4.46. The first-order valence-corrected chi connectivity index (χ1v) is 14.1. The van der Waals surface area contributed by atoms with Crippen molar-refractivity contribution in [3.8, 4) is 11.5 Å². The predicted molar refractivity (Wildman–Crippen MR) is 156 cm³/mol. The van der Waals surface area contributed by atoms with Gasteiger partial charge in [-0.3, -0.25) is 4.79 Å². The van der Waals surface area contributed by atoms with Gasteiger partial charge in [-0.1, -0.05) is 60.7 Å². The van der Waals surface area contributed by atoms with Crippen LogP contribution in [0.3, 0.4) is 0 Å². The number of nitrogens with one attached hydrogen (secondary N) is 1. The van der Waals surface area contributed by atoms with Gasteiger partial charge < -0.3 is 24.4 Å². The zero-order valence-corrected chi connectivity index (χ0v) is 23.3. The Balaban J connectivity index is 1.49. The van der Waals surface area contributed by atoms with Crippen LogP contribution in [-0.4, -0.2) is 64.4 Å². The van der Waals surface area contributed by atoms with Gasteiger partial charge in [-0.25, -0.2) is 0 Å². The molecular formula is C33H42N2O4. The first-order valence-electron chi connectivity index (χ1n) is 14.1. The van der Waals surface area contributed by atoms with Crippen molar-refractivity contribution in [2.45, 2.75) is 25.7 Å². The van der Waals surface area contributed by atoms with Crippen LogP contribution in [0.4, 0.5) is 0 Å². The maximum absolute atomic E-state index is 14.0. The number of amides is 1. The number of rotatable bonds is 15. The molecular weight excluding hydrogens is 488 g/mol. The Labute approximate surface area is 233 Å². The Kier molecular flexibility index (Phi) is 11.2. The monoisotopic (exact) mass is 530 g/mol. The second kappa shape index (κ2) is 15.3. The van der Waals surface area contributed by atoms with Gasteiger partial charge in [0.05, 0.1) is 13.7 Å². The fourth-order valence-corrected chi connectivity index (χ4v) is 5.32. The maximum Gasteiger partial charge on any atom is 0.254 e. The molecule has 3 aromatic carbocycles. The topological polar surface area (TPSA) is 60.0 Å². The van der Waals surface area contributed by atoms with Gasteiger partial charge in [0.2, 0.25) is 0 Å². The number of hydrogen-bond acceptors (Lipinski definition) is 5. The molecule has 6 heteroatoms. The van der Waals surface area contributed by atoms with Crippen LogP contribution in [0.1, 0.15) is 34.3 Å². The van der Waals surface area contributed by atoms with Crippen LogP contribution in [0.15, 0.2) is 78.9 Å². The van der Waals surface area contributed by atoms with Crippen molar-refractivity contribution in [3.05, 3.63) is 95.6 Å². The van der Waals surface area contributed by atoms with E-state index >= 15 is 0 Å². The average molecular weight is 531 g/mol. The van der Waals surface area contributed by atoms with E-state index < -0.39 is 0 Å². The molecule has 3 aromatic rings. The lowest BCUT2D eigenvalue weighted by Crippen LogP contribution is -2.39. The minimum Gasteiger partial charge on any atom is -0.493 e. The maximum atomic E-state index is 14.0. The van der Waals surface area contributed by atoms with Crippen molar-refractivity contribution in [2.24, 2.45) is 11.8 Å². The van der Waals surface area contributed by atoms with Crippen LogP contribution in [-0.2, 0) is 17.6 Å². The fourth-order valence-electron chi connectivity index (χ4n) is 5.32. The number of carbonyl (C=O) groups excluding carboxylic acids is 1. The summed E-state index contributed by atoms with van der Waals surface area (Å²) in [5.41, 5.74) is 3.27. The number of benzene rings is 3. The van der Waals surface area contributed by atoms with E-state index in [1.807, 2.05) is 24.3 Å². The molecule has 208 valence electrons. The van der Waals surface area contributed by atoms with Crippen molar-refractivity contribution in [3.63, 3.8) is 0 Å². The van der Waals surface area contributed by atoms with Gasteiger partial charge in [0.25, 0.3) is 5.91 Å². The molecule has 0 spiro atoms. The molecule has 39 heavy (non-hydrogen) atoms. The summed E-state index contributed by atoms with van der Waals surface area (Å²) in [6.07, 6.45) is 3.64. The predicted octanol–water partition coefficient (Wildman–Crippen LogP) is 5.26. The standard InChI is InChI=1S/C33H42N2O4/c1-37-19-10-20-39-32-22-28(16-17-31(32)38-2)33(36)35(18-9-15-26-11-5-3-6-12-26)25-30-24-34-23-29(30)21-27-13-7-4-8-14-27/h3-8,11-14,16-17,22,29-30,34H,9-10,15,18-21,23-25H2,1-2H3. The largest absolute Gasteiger partial charge is 0.493 e. The number of nitrogens with zero attached hydrogens (tertiary/aromatic N) is 1. The summed E-state index contributed by atoms with van der Waals surface area (Å²) in [6, 6.07) is 26.7. The molecule has 6 nitrogen and oxygen atoms in total. The molecule has 0 radical (unpaired) electrons. The molecule has 0 bridgehead atoms. The second-order valence-electron chi connectivity index (χ2n) is 10.3. The van der Waals surface area contributed by atoms with E-state index in [0.29, 0.717) is 48.7 Å². The van der Waals surface area contributed by atoms with E-state index in [-0.39, 0.29) is 5.91 Å². The average Bonchev–Trinajstić information content (AvgIpc) is 3.41. The minimum absolute atomic E-state index is 0.0396. The van der Waals surface area contributed by atoms with Gasteiger partial charge in [-0.2, -0.15) is 0 Å². The quantitative estimate of drug-likeness (QED) is 0.272. The van der Waals surface area contributed by atoms with E-state index in [2.05, 4.69) is 64.8 Å². The van der Waals surface area contributed by atoms with Crippen LogP contribution in [0, 0.1) is 11.8 Å². The molecule has 1 fully saturated rings. The number of aryl methyl sites for hydroxylation is 1. The molecule has 1 N–H and O–H groups in total. The first kappa shape index (κ1) is 28.7. The van der Waals surface area contributed by atoms with Gasteiger partial charge in [0.1, 0.15) is 0 Å². The smallest absolute Gasteiger partial charge is 0.254 e. The SMILES string of the molecule is COCCCOc1cc(C(=O)N(CCCc2ccccc2)CC2CNCC2Cc2ccccc2)ccc1OC. The molecule has 2 unspecified atom stereocenters. The number of ether oxygens (including phenoxy) is 3. The van der Waals surface area contributed by atoms with Crippen molar-refractivity contribution >= 4 is 5.91 Å². The summed E-state index contributed by atoms with van der Waals surface area (Å²) in [5, 5.41) is 3.58. The van der Waals surface area contributed by atoms with Crippen LogP contribution in [0.25, 0.3) is 0 Å². The molecule has 2 atom stereocenters. The zero-order chi connectivity index (χ0) is 27.3. The summed E-state index contributed by atoms with van der Waals surface area (Å²) in [4.78, 5) is 16.0. The Bertz CT molecular complexity index is 1140. The van der Waals surface area contributed by atoms with Gasteiger partial charge >= 0.3 is 0 Å². The van der Waals surface area contributed by atoms with Crippen molar-refractivity contribution < 1.29 is 19.0 Å². The second-order valence-corrected chi connectivity index (χ2v) is 10.3. The third-order valence-corrected chi connectivity index (χ3v) is 7.46. The summed E-state index contributed by atoms with van der Waals surface area (Å²) in [7, 11) is 3.30. The van der Waals surface area contributed by atoms with E-state index in [9.17, 15) is 4.79 Å². The van der Waals surface area contributed by atoms with Gasteiger partial charge in [-0.05, 0) is 73.5 Å². The fraction of sp³-hybridized carbons (Fsp3) is 0.424. The lowest BCUT2D eigenvalue weighted by Gasteiger charge is -2.29. The van der Waals surface area contributed by atoms with Crippen LogP contribution >= 0.6 is 0 Å². The van der Waals surface area contributed by atoms with E-state index in [1.165, 1.54) is 11.1 Å². The third-order valence-electron chi connectivity index (χ3n) is 7.46. The number of methoxy groups -OCH3 is 2. The highest BCUT2D eigenvalue weighted by atomic mass is 16.5. The van der Waals surface area contributed by atoms with E-state index in [1.54, 1.807) is 14.2 Å². The zero-order valence-electron chi connectivity index (χ0n) is 23.3. The molecule has 1 heterocycles. The summed E-state index contributed by atoms with van der Waals surface area (Å²) in [5.74, 6) is 2.15. The van der Waals surface area contributed by atoms with Crippen molar-refractivity contribution in [1.29, 1.82) is 0 Å². The highest BCUT2D eigenvalue weighted by Crippen LogP contribution is 2.30. The minimum atomic E-state index is 0.0396. The Hall–Kier alpha value is -3.35.